The summed E-state index contributed by atoms with van der Waals surface area (Å²) in [7, 11) is 0. The molecule has 0 bridgehead atoms. The SMILES string of the molecule is Fc1ccc(-c2csc(Nc3ccc(Cl)cn3)n2)cc1. The third-order valence-corrected chi connectivity index (χ3v) is 3.59. The lowest BCUT2D eigenvalue weighted by Gasteiger charge is -2.00. The van der Waals surface area contributed by atoms with E-state index < -0.39 is 0 Å². The van der Waals surface area contributed by atoms with Crippen LogP contribution in [0.4, 0.5) is 15.3 Å². The van der Waals surface area contributed by atoms with E-state index in [1.54, 1.807) is 30.5 Å². The second-order valence-corrected chi connectivity index (χ2v) is 5.33. The molecule has 0 atom stereocenters. The van der Waals surface area contributed by atoms with Crippen molar-refractivity contribution in [2.24, 2.45) is 0 Å². The summed E-state index contributed by atoms with van der Waals surface area (Å²) in [6, 6.07) is 9.78. The van der Waals surface area contributed by atoms with Crippen LogP contribution in [0.2, 0.25) is 5.02 Å². The van der Waals surface area contributed by atoms with E-state index in [1.165, 1.54) is 23.5 Å². The van der Waals surface area contributed by atoms with Gasteiger partial charge in [0, 0.05) is 17.1 Å². The smallest absolute Gasteiger partial charge is 0.188 e. The maximum absolute atomic E-state index is 12.9. The summed E-state index contributed by atoms with van der Waals surface area (Å²) < 4.78 is 12.9. The van der Waals surface area contributed by atoms with E-state index in [-0.39, 0.29) is 5.82 Å². The second kappa shape index (κ2) is 5.56. The molecule has 3 rings (SSSR count). The Morgan fingerprint density at radius 3 is 2.60 bits per heavy atom. The first-order valence-corrected chi connectivity index (χ1v) is 7.06. The Morgan fingerprint density at radius 2 is 1.90 bits per heavy atom. The first kappa shape index (κ1) is 13.0. The van der Waals surface area contributed by atoms with Gasteiger partial charge >= 0.3 is 0 Å². The highest BCUT2D eigenvalue weighted by atomic mass is 35.5. The van der Waals surface area contributed by atoms with Crippen molar-refractivity contribution in [2.45, 2.75) is 0 Å². The first-order chi connectivity index (χ1) is 9.70. The number of thiazole rings is 1. The van der Waals surface area contributed by atoms with Crippen molar-refractivity contribution in [1.82, 2.24) is 9.97 Å². The van der Waals surface area contributed by atoms with Crippen molar-refractivity contribution < 1.29 is 4.39 Å². The molecule has 3 nitrogen and oxygen atoms in total. The number of pyridine rings is 1. The number of halogens is 2. The molecule has 0 saturated heterocycles. The number of rotatable bonds is 3. The summed E-state index contributed by atoms with van der Waals surface area (Å²) in [5.74, 6) is 0.419. The minimum atomic E-state index is -0.257. The van der Waals surface area contributed by atoms with Crippen LogP contribution in [0.1, 0.15) is 0 Å². The Bertz CT molecular complexity index is 710. The van der Waals surface area contributed by atoms with Gasteiger partial charge in [-0.2, -0.15) is 0 Å². The van der Waals surface area contributed by atoms with Gasteiger partial charge in [0.1, 0.15) is 11.6 Å². The summed E-state index contributed by atoms with van der Waals surface area (Å²) in [4.78, 5) is 8.58. The Hall–Kier alpha value is -1.98. The molecule has 0 saturated carbocycles. The lowest BCUT2D eigenvalue weighted by molar-refractivity contribution is 0.628. The van der Waals surface area contributed by atoms with Crippen LogP contribution >= 0.6 is 22.9 Å². The van der Waals surface area contributed by atoms with Crippen LogP contribution in [0.25, 0.3) is 11.3 Å². The summed E-state index contributed by atoms with van der Waals surface area (Å²) >= 11 is 7.24. The Morgan fingerprint density at radius 1 is 1.10 bits per heavy atom. The lowest BCUT2D eigenvalue weighted by Crippen LogP contribution is -1.92. The van der Waals surface area contributed by atoms with Crippen molar-refractivity contribution >= 4 is 33.9 Å². The van der Waals surface area contributed by atoms with Gasteiger partial charge in [0.2, 0.25) is 0 Å². The number of nitrogens with zero attached hydrogens (tertiary/aromatic N) is 2. The Balaban J connectivity index is 1.80. The normalized spacial score (nSPS) is 10.5. The van der Waals surface area contributed by atoms with Crippen molar-refractivity contribution in [3.63, 3.8) is 0 Å². The fourth-order valence-electron chi connectivity index (χ4n) is 1.64. The maximum Gasteiger partial charge on any atom is 0.188 e. The van der Waals surface area contributed by atoms with Crippen molar-refractivity contribution in [2.75, 3.05) is 5.32 Å². The fourth-order valence-corrected chi connectivity index (χ4v) is 2.48. The van der Waals surface area contributed by atoms with Crippen LogP contribution in [0.15, 0.2) is 48.0 Å². The quantitative estimate of drug-likeness (QED) is 0.759. The van der Waals surface area contributed by atoms with Gasteiger partial charge in [0.05, 0.1) is 10.7 Å². The summed E-state index contributed by atoms with van der Waals surface area (Å²) in [6.45, 7) is 0. The molecule has 0 aliphatic rings. The van der Waals surface area contributed by atoms with E-state index in [4.69, 9.17) is 11.6 Å². The van der Waals surface area contributed by atoms with E-state index in [9.17, 15) is 4.39 Å². The summed E-state index contributed by atoms with van der Waals surface area (Å²) in [5, 5.41) is 6.31. The first-order valence-electron chi connectivity index (χ1n) is 5.81. The van der Waals surface area contributed by atoms with Crippen LogP contribution in [-0.4, -0.2) is 9.97 Å². The second-order valence-electron chi connectivity index (χ2n) is 4.03. The zero-order valence-corrected chi connectivity index (χ0v) is 11.7. The maximum atomic E-state index is 12.9. The van der Waals surface area contributed by atoms with Crippen LogP contribution in [0, 0.1) is 5.82 Å². The molecule has 0 spiro atoms. The number of hydrogen-bond acceptors (Lipinski definition) is 4. The summed E-state index contributed by atoms with van der Waals surface area (Å²) in [5.41, 5.74) is 1.67. The van der Waals surface area contributed by atoms with Gasteiger partial charge in [0.15, 0.2) is 5.13 Å². The van der Waals surface area contributed by atoms with E-state index in [0.717, 1.165) is 16.4 Å². The van der Waals surface area contributed by atoms with Gasteiger partial charge in [-0.3, -0.25) is 0 Å². The van der Waals surface area contributed by atoms with Crippen LogP contribution in [0.5, 0.6) is 0 Å². The summed E-state index contributed by atoms with van der Waals surface area (Å²) in [6.07, 6.45) is 1.57. The molecule has 2 aromatic heterocycles. The monoisotopic (exact) mass is 305 g/mol. The highest BCUT2D eigenvalue weighted by molar-refractivity contribution is 7.14. The van der Waals surface area contributed by atoms with Gasteiger partial charge in [-0.25, -0.2) is 14.4 Å². The minimum absolute atomic E-state index is 0.257. The molecule has 1 aromatic carbocycles. The Labute approximate surface area is 124 Å². The molecule has 100 valence electrons. The third kappa shape index (κ3) is 2.95. The highest BCUT2D eigenvalue weighted by Gasteiger charge is 2.05. The number of benzene rings is 1. The van der Waals surface area contributed by atoms with Gasteiger partial charge in [-0.1, -0.05) is 11.6 Å². The zero-order valence-electron chi connectivity index (χ0n) is 10.2. The predicted octanol–water partition coefficient (Wildman–Crippen LogP) is 4.74. The van der Waals surface area contributed by atoms with E-state index in [1.807, 2.05) is 5.38 Å². The standard InChI is InChI=1S/C14H9ClFN3S/c15-10-3-6-13(17-7-10)19-14-18-12(8-20-14)9-1-4-11(16)5-2-9/h1-8H,(H,17,18,19). The molecular formula is C14H9ClFN3S. The largest absolute Gasteiger partial charge is 0.316 e. The Kier molecular flexibility index (Phi) is 3.62. The van der Waals surface area contributed by atoms with E-state index in [2.05, 4.69) is 15.3 Å². The van der Waals surface area contributed by atoms with E-state index in [0.29, 0.717) is 10.8 Å². The number of nitrogens with one attached hydrogen (secondary N) is 1. The zero-order chi connectivity index (χ0) is 13.9. The molecule has 0 aliphatic carbocycles. The molecule has 3 aromatic rings. The highest BCUT2D eigenvalue weighted by Crippen LogP contribution is 2.26. The predicted molar refractivity (Wildman–Crippen MR) is 80.0 cm³/mol. The molecule has 2 heterocycles. The molecule has 0 amide bonds. The van der Waals surface area contributed by atoms with Gasteiger partial charge in [-0.15, -0.1) is 11.3 Å². The number of anilines is 2. The average molecular weight is 306 g/mol. The fraction of sp³-hybridized carbons (Fsp3) is 0. The van der Waals surface area contributed by atoms with Gasteiger partial charge < -0.3 is 5.32 Å². The lowest BCUT2D eigenvalue weighted by atomic mass is 10.2. The third-order valence-electron chi connectivity index (χ3n) is 2.61. The molecule has 0 aliphatic heterocycles. The van der Waals surface area contributed by atoms with Crippen LogP contribution < -0.4 is 5.32 Å². The number of aromatic nitrogens is 2. The van der Waals surface area contributed by atoms with Crippen molar-refractivity contribution in [3.8, 4) is 11.3 Å². The van der Waals surface area contributed by atoms with Crippen molar-refractivity contribution in [3.05, 3.63) is 58.8 Å². The molecule has 1 N–H and O–H groups in total. The molecule has 0 fully saturated rings. The van der Waals surface area contributed by atoms with Gasteiger partial charge in [0.25, 0.3) is 0 Å². The molecule has 20 heavy (non-hydrogen) atoms. The molecule has 0 radical (unpaired) electrons. The average Bonchev–Trinajstić information content (AvgIpc) is 2.91. The number of hydrogen-bond donors (Lipinski definition) is 1. The van der Waals surface area contributed by atoms with Crippen LogP contribution in [0.3, 0.4) is 0 Å². The van der Waals surface area contributed by atoms with Gasteiger partial charge in [-0.05, 0) is 36.4 Å². The topological polar surface area (TPSA) is 37.8 Å². The molecule has 6 heteroatoms. The van der Waals surface area contributed by atoms with Crippen LogP contribution in [-0.2, 0) is 0 Å². The minimum Gasteiger partial charge on any atom is -0.316 e. The van der Waals surface area contributed by atoms with E-state index >= 15 is 0 Å². The molecule has 0 unspecified atom stereocenters. The molecular weight excluding hydrogens is 297 g/mol. The van der Waals surface area contributed by atoms with Crippen molar-refractivity contribution in [1.29, 1.82) is 0 Å².